The maximum atomic E-state index is 12.2. The zero-order valence-corrected chi connectivity index (χ0v) is 28.7. The average Bonchev–Trinajstić information content (AvgIpc) is 2.87. The van der Waals surface area contributed by atoms with Crippen LogP contribution < -0.4 is 34.9 Å². The van der Waals surface area contributed by atoms with E-state index >= 15 is 0 Å². The Labute approximate surface area is 285 Å². The molecule has 1 unspecified atom stereocenters. The van der Waals surface area contributed by atoms with Crippen molar-refractivity contribution < 1.29 is 118 Å². The molecule has 0 radical (unpaired) electrons. The van der Waals surface area contributed by atoms with Gasteiger partial charge in [-0.1, -0.05) is 0 Å². The van der Waals surface area contributed by atoms with Crippen LogP contribution in [0.2, 0.25) is 0 Å². The van der Waals surface area contributed by atoms with Crippen molar-refractivity contribution in [2.75, 3.05) is 13.2 Å². The van der Waals surface area contributed by atoms with E-state index in [0.717, 1.165) is 41.5 Å². The topological polar surface area (TPSA) is 275 Å². The van der Waals surface area contributed by atoms with Gasteiger partial charge in [-0.2, -0.15) is 0 Å². The van der Waals surface area contributed by atoms with E-state index in [0.29, 0.717) is 0 Å². The summed E-state index contributed by atoms with van der Waals surface area (Å²) in [5.41, 5.74) is 0. The summed E-state index contributed by atoms with van der Waals surface area (Å²) in [5, 5.41) is 12.6. The molecule has 2 fully saturated rings. The number of aliphatic hydroxyl groups excluding tert-OH is 1. The molecule has 1 amide bonds. The fourth-order valence-corrected chi connectivity index (χ4v) is 4.90. The average molecular weight is 696 g/mol. The number of carbonyl (C=O) groups is 6. The van der Waals surface area contributed by atoms with Crippen LogP contribution >= 0.6 is 0 Å². The molecule has 0 saturated carbocycles. The number of carbonyl (C=O) groups excluding carboxylic acids is 6. The first-order chi connectivity index (χ1) is 20.8. The molecule has 2 N–H and O–H groups in total. The van der Waals surface area contributed by atoms with Gasteiger partial charge in [0.25, 0.3) is 0 Å². The van der Waals surface area contributed by atoms with Crippen LogP contribution in [0, 0.1) is 0 Å². The van der Waals surface area contributed by atoms with Gasteiger partial charge in [-0.15, -0.1) is 0 Å². The molecule has 256 valence electrons. The maximum absolute atomic E-state index is 12.2. The summed E-state index contributed by atoms with van der Waals surface area (Å²) in [6.45, 7) is 3.88. The fourth-order valence-electron chi connectivity index (χ4n) is 4.60. The first-order valence-electron chi connectivity index (χ1n) is 13.1. The number of amides is 1. The maximum Gasteiger partial charge on any atom is 1.00 e. The fraction of sp³-hybridized carbons (Fsp3) is 0.750. The Hall–Kier alpha value is -2.47. The van der Waals surface area contributed by atoms with E-state index in [1.807, 2.05) is 0 Å². The molecular formula is C24H34NNaO19S. The van der Waals surface area contributed by atoms with Crippen molar-refractivity contribution in [1.82, 2.24) is 5.32 Å². The standard InChI is InChI=1S/C24H35NO19S.Na/c1-9(27)25-17-20(38-11(3)29)18(15(7-26)42-23(17)41-14(6)32)44-24-22(40-13(5)31)21(39-12(4)30)19(37-10(2)28)16(43-24)8-36-45(33,34)35;/h15-24,26H,7-8H2,1-6H3,(H,25,27)(H,33,34,35);/q;+1/p-1/t15-,16-,17-,18-,19+,20-,21+,22?,23+,24+;/m1./s1. The molecule has 0 aromatic heterocycles. The largest absolute Gasteiger partial charge is 1.00 e. The third-order valence-electron chi connectivity index (χ3n) is 5.95. The van der Waals surface area contributed by atoms with Gasteiger partial charge < -0.3 is 52.9 Å². The summed E-state index contributed by atoms with van der Waals surface area (Å²) >= 11 is 0. The Morgan fingerprint density at radius 2 is 1.13 bits per heavy atom. The van der Waals surface area contributed by atoms with Crippen LogP contribution in [-0.2, 0) is 81.2 Å². The van der Waals surface area contributed by atoms with E-state index in [1.54, 1.807) is 0 Å². The number of aliphatic hydroxyl groups is 1. The summed E-state index contributed by atoms with van der Waals surface area (Å²) in [6.07, 6.45) is -15.5. The molecule has 46 heavy (non-hydrogen) atoms. The van der Waals surface area contributed by atoms with E-state index in [2.05, 4.69) is 9.50 Å². The van der Waals surface area contributed by atoms with Crippen LogP contribution in [0.4, 0.5) is 0 Å². The number of esters is 5. The first kappa shape index (κ1) is 41.6. The second-order valence-corrected chi connectivity index (χ2v) is 10.7. The third kappa shape index (κ3) is 12.6. The third-order valence-corrected chi connectivity index (χ3v) is 6.37. The molecule has 2 aliphatic heterocycles. The number of rotatable bonds is 12. The van der Waals surface area contributed by atoms with Gasteiger partial charge >= 0.3 is 59.4 Å². The molecule has 0 spiro atoms. The van der Waals surface area contributed by atoms with Crippen LogP contribution in [-0.4, -0.2) is 128 Å². The molecule has 2 aliphatic rings. The van der Waals surface area contributed by atoms with Crippen LogP contribution in [0.25, 0.3) is 0 Å². The minimum absolute atomic E-state index is 0. The van der Waals surface area contributed by atoms with Crippen molar-refractivity contribution in [3.05, 3.63) is 0 Å². The van der Waals surface area contributed by atoms with Crippen molar-refractivity contribution in [3.8, 4) is 0 Å². The van der Waals surface area contributed by atoms with E-state index in [-0.39, 0.29) is 29.6 Å². The molecule has 20 nitrogen and oxygen atoms in total. The molecule has 2 saturated heterocycles. The first-order valence-corrected chi connectivity index (χ1v) is 14.5. The Bertz CT molecular complexity index is 1230. The smallest absolute Gasteiger partial charge is 0.726 e. The second kappa shape index (κ2) is 18.2. The predicted octanol–water partition coefficient (Wildman–Crippen LogP) is -5.91. The van der Waals surface area contributed by atoms with Crippen LogP contribution in [0.15, 0.2) is 0 Å². The molecule has 22 heteroatoms. The second-order valence-electron chi connectivity index (χ2n) is 9.69. The van der Waals surface area contributed by atoms with Gasteiger partial charge in [-0.3, -0.25) is 33.0 Å². The van der Waals surface area contributed by atoms with Gasteiger partial charge in [-0.25, -0.2) is 8.42 Å². The molecule has 0 bridgehead atoms. The van der Waals surface area contributed by atoms with Gasteiger partial charge in [-0.05, 0) is 0 Å². The Balaban J connectivity index is 0.0000106. The summed E-state index contributed by atoms with van der Waals surface area (Å²) in [5.74, 6) is -5.54. The van der Waals surface area contributed by atoms with Crippen molar-refractivity contribution in [2.24, 2.45) is 0 Å². The Kier molecular flexibility index (Phi) is 16.4. The molecular weight excluding hydrogens is 661 g/mol. The quantitative estimate of drug-likeness (QED) is 0.0632. The molecule has 0 aromatic rings. The predicted molar refractivity (Wildman–Crippen MR) is 137 cm³/mol. The number of nitrogens with one attached hydrogen (secondary N) is 1. The van der Waals surface area contributed by atoms with Crippen molar-refractivity contribution in [1.29, 1.82) is 0 Å². The monoisotopic (exact) mass is 695 g/mol. The Morgan fingerprint density at radius 1 is 0.674 bits per heavy atom. The zero-order chi connectivity index (χ0) is 34.2. The molecule has 10 atom stereocenters. The van der Waals surface area contributed by atoms with Crippen molar-refractivity contribution in [2.45, 2.75) is 103 Å². The van der Waals surface area contributed by atoms with Crippen LogP contribution in [0.5, 0.6) is 0 Å². The minimum Gasteiger partial charge on any atom is -0.726 e. The van der Waals surface area contributed by atoms with Gasteiger partial charge in [0.05, 0.1) is 13.2 Å². The number of hydrogen-bond acceptors (Lipinski definition) is 19. The van der Waals surface area contributed by atoms with Gasteiger partial charge in [0.2, 0.25) is 22.6 Å². The SMILES string of the molecule is CC(=O)N[C@H]1[C@@H](OC(C)=O)O[C@H](CO)[C@@H](O[C@@H]2O[C@H](COS(=O)(=O)[O-])[C@H](OC(C)=O)[C@H](OC(C)=O)C2OC(C)=O)[C@@H]1OC(C)=O.[Na+]. The number of hydrogen-bond donors (Lipinski definition) is 2. The van der Waals surface area contributed by atoms with Crippen LogP contribution in [0.1, 0.15) is 41.5 Å². The normalized spacial score (nSPS) is 30.9. The van der Waals surface area contributed by atoms with E-state index in [1.165, 1.54) is 0 Å². The minimum atomic E-state index is -5.36. The molecule has 2 rings (SSSR count). The summed E-state index contributed by atoms with van der Waals surface area (Å²) < 4.78 is 81.6. The number of ether oxygens (including phenoxy) is 8. The van der Waals surface area contributed by atoms with Gasteiger partial charge in [0, 0.05) is 41.5 Å². The van der Waals surface area contributed by atoms with E-state index in [9.17, 15) is 46.8 Å². The molecule has 0 aliphatic carbocycles. The van der Waals surface area contributed by atoms with Gasteiger partial charge in [0.15, 0.2) is 30.7 Å². The van der Waals surface area contributed by atoms with Crippen LogP contribution in [0.3, 0.4) is 0 Å². The van der Waals surface area contributed by atoms with Crippen molar-refractivity contribution >= 4 is 46.2 Å². The summed E-state index contributed by atoms with van der Waals surface area (Å²) in [4.78, 5) is 72.1. The van der Waals surface area contributed by atoms with Crippen molar-refractivity contribution in [3.63, 3.8) is 0 Å². The molecule has 0 aromatic carbocycles. The van der Waals surface area contributed by atoms with E-state index in [4.69, 9.17) is 37.9 Å². The Morgan fingerprint density at radius 3 is 1.59 bits per heavy atom. The van der Waals surface area contributed by atoms with Gasteiger partial charge in [0.1, 0.15) is 24.4 Å². The molecule has 2 heterocycles. The zero-order valence-electron chi connectivity index (χ0n) is 25.9. The summed E-state index contributed by atoms with van der Waals surface area (Å²) in [6, 6.07) is -1.47. The van der Waals surface area contributed by atoms with E-state index < -0.39 is 121 Å². The summed E-state index contributed by atoms with van der Waals surface area (Å²) in [7, 11) is -5.36.